The van der Waals surface area contributed by atoms with E-state index in [4.69, 9.17) is 0 Å². The molecule has 0 bridgehead atoms. The van der Waals surface area contributed by atoms with Crippen molar-refractivity contribution in [3.05, 3.63) is 24.3 Å². The Morgan fingerprint density at radius 1 is 0.892 bits per heavy atom. The Morgan fingerprint density at radius 2 is 1.41 bits per heavy atom. The number of rotatable bonds is 10. The summed E-state index contributed by atoms with van der Waals surface area (Å²) in [4.78, 5) is 56.9. The Hall–Kier alpha value is -2.94. The first kappa shape index (κ1) is 25.7. The van der Waals surface area contributed by atoms with Gasteiger partial charge in [0.05, 0.1) is 17.5 Å². The van der Waals surface area contributed by atoms with Crippen molar-refractivity contribution in [1.29, 1.82) is 0 Å². The highest BCUT2D eigenvalue weighted by molar-refractivity contribution is 6.21. The zero-order valence-corrected chi connectivity index (χ0v) is 21.5. The van der Waals surface area contributed by atoms with Gasteiger partial charge in [-0.15, -0.1) is 0 Å². The molecule has 1 aromatic rings. The molecule has 1 heterocycles. The highest BCUT2D eigenvalue weighted by atomic mass is 16.3. The minimum Gasteiger partial charge on any atom is -0.391 e. The van der Waals surface area contributed by atoms with Crippen LogP contribution >= 0.6 is 0 Å². The number of aliphatic hydroxyl groups excluding tert-OH is 1. The third-order valence-corrected chi connectivity index (χ3v) is 8.08. The van der Waals surface area contributed by atoms with E-state index in [1.165, 1.54) is 6.92 Å². The van der Waals surface area contributed by atoms with Crippen LogP contribution in [0.5, 0.6) is 0 Å². The molecule has 3 N–H and O–H groups in total. The number of fused-ring (bicyclic) bond motifs is 1. The molecule has 5 rings (SSSR count). The predicted octanol–water partition coefficient (Wildman–Crippen LogP) is 2.12. The molecule has 37 heavy (non-hydrogen) atoms. The van der Waals surface area contributed by atoms with Crippen molar-refractivity contribution < 1.29 is 24.3 Å². The van der Waals surface area contributed by atoms with E-state index in [1.807, 2.05) is 24.3 Å². The number of carbonyl (C=O) groups is 4. The molecule has 3 saturated carbocycles. The molecular weight excluding hydrogens is 472 g/mol. The Labute approximate surface area is 217 Å². The van der Waals surface area contributed by atoms with Gasteiger partial charge in [-0.1, -0.05) is 25.0 Å². The topological polar surface area (TPSA) is 119 Å². The Bertz CT molecular complexity index is 992. The molecule has 9 nitrogen and oxygen atoms in total. The van der Waals surface area contributed by atoms with Gasteiger partial charge in [0.15, 0.2) is 6.04 Å². The first-order chi connectivity index (χ1) is 17.8. The van der Waals surface area contributed by atoms with Crippen LogP contribution < -0.4 is 20.4 Å². The van der Waals surface area contributed by atoms with Crippen LogP contribution in [0.1, 0.15) is 64.7 Å². The Kier molecular flexibility index (Phi) is 7.51. The molecule has 0 aromatic heterocycles. The highest BCUT2D eigenvalue weighted by Gasteiger charge is 2.45. The number of hydrogen-bond donors (Lipinski definition) is 3. The smallest absolute Gasteiger partial charge is 0.259 e. The fourth-order valence-corrected chi connectivity index (χ4v) is 5.54. The molecule has 0 unspecified atom stereocenters. The molecule has 200 valence electrons. The quantitative estimate of drug-likeness (QED) is 0.417. The van der Waals surface area contributed by atoms with Gasteiger partial charge in [0.25, 0.3) is 11.8 Å². The lowest BCUT2D eigenvalue weighted by atomic mass is 10.0. The normalized spacial score (nSPS) is 22.4. The number of benzene rings is 1. The van der Waals surface area contributed by atoms with Gasteiger partial charge in [-0.05, 0) is 75.3 Å². The summed E-state index contributed by atoms with van der Waals surface area (Å²) in [6.07, 6.45) is 7.39. The van der Waals surface area contributed by atoms with Gasteiger partial charge in [-0.2, -0.15) is 0 Å². The van der Waals surface area contributed by atoms with E-state index in [0.29, 0.717) is 42.7 Å². The van der Waals surface area contributed by atoms with Crippen molar-refractivity contribution in [2.75, 3.05) is 22.9 Å². The number of aliphatic hydroxyl groups is 1. The molecule has 2 atom stereocenters. The Morgan fingerprint density at radius 3 is 1.86 bits per heavy atom. The predicted molar refractivity (Wildman–Crippen MR) is 139 cm³/mol. The van der Waals surface area contributed by atoms with Gasteiger partial charge < -0.3 is 25.5 Å². The number of carbonyl (C=O) groups excluding carboxylic acids is 4. The van der Waals surface area contributed by atoms with Crippen LogP contribution in [0.2, 0.25) is 0 Å². The molecule has 0 radical (unpaired) electrons. The van der Waals surface area contributed by atoms with Gasteiger partial charge in [0.2, 0.25) is 11.8 Å². The molecule has 1 aliphatic heterocycles. The molecule has 4 aliphatic rings. The third-order valence-electron chi connectivity index (χ3n) is 8.08. The maximum Gasteiger partial charge on any atom is 0.259 e. The van der Waals surface area contributed by atoms with Crippen molar-refractivity contribution >= 4 is 35.0 Å². The van der Waals surface area contributed by atoms with Gasteiger partial charge >= 0.3 is 0 Å². The van der Waals surface area contributed by atoms with Crippen LogP contribution in [0.4, 0.5) is 11.4 Å². The zero-order chi connectivity index (χ0) is 26.1. The minimum atomic E-state index is -1.43. The van der Waals surface area contributed by atoms with Crippen LogP contribution in [-0.4, -0.2) is 60.0 Å². The van der Waals surface area contributed by atoms with E-state index >= 15 is 0 Å². The number of nitrogens with zero attached hydrogens (tertiary/aromatic N) is 2. The van der Waals surface area contributed by atoms with Crippen molar-refractivity contribution in [2.24, 2.45) is 17.8 Å². The first-order valence-corrected chi connectivity index (χ1v) is 13.8. The second kappa shape index (κ2) is 10.8. The van der Waals surface area contributed by atoms with Gasteiger partial charge in [0.1, 0.15) is 6.04 Å². The fourth-order valence-electron chi connectivity index (χ4n) is 5.54. The number of amides is 4. The maximum atomic E-state index is 13.8. The first-order valence-electron chi connectivity index (χ1n) is 13.8. The minimum absolute atomic E-state index is 0.285. The second-order valence-corrected chi connectivity index (χ2v) is 11.4. The van der Waals surface area contributed by atoms with Crippen LogP contribution in [0.3, 0.4) is 0 Å². The number of para-hydroxylation sites is 2. The van der Waals surface area contributed by atoms with E-state index in [-0.39, 0.29) is 11.8 Å². The molecule has 3 aliphatic carbocycles. The van der Waals surface area contributed by atoms with Crippen molar-refractivity contribution in [3.63, 3.8) is 0 Å². The highest BCUT2D eigenvalue weighted by Crippen LogP contribution is 2.40. The molecule has 0 spiro atoms. The molecule has 9 heteroatoms. The van der Waals surface area contributed by atoms with Crippen LogP contribution in [0, 0.1) is 17.8 Å². The van der Waals surface area contributed by atoms with Crippen LogP contribution in [0.25, 0.3) is 0 Å². The monoisotopic (exact) mass is 510 g/mol. The molecule has 4 amide bonds. The molecular formula is C28H38N4O5. The lowest BCUT2D eigenvalue weighted by Crippen LogP contribution is -2.61. The van der Waals surface area contributed by atoms with Crippen molar-refractivity contribution in [1.82, 2.24) is 10.6 Å². The average molecular weight is 511 g/mol. The summed E-state index contributed by atoms with van der Waals surface area (Å²) in [5.41, 5.74) is 1.36. The van der Waals surface area contributed by atoms with E-state index < -0.39 is 35.9 Å². The second-order valence-electron chi connectivity index (χ2n) is 11.4. The number of nitrogens with one attached hydrogen (secondary N) is 2. The summed E-state index contributed by atoms with van der Waals surface area (Å²) in [6, 6.07) is 4.74. The summed E-state index contributed by atoms with van der Waals surface area (Å²) in [5.74, 6) is -0.949. The largest absolute Gasteiger partial charge is 0.391 e. The van der Waals surface area contributed by atoms with E-state index in [9.17, 15) is 24.3 Å². The zero-order valence-electron chi connectivity index (χ0n) is 21.5. The number of anilines is 2. The summed E-state index contributed by atoms with van der Waals surface area (Å²) in [5, 5.41) is 15.6. The third kappa shape index (κ3) is 5.98. The summed E-state index contributed by atoms with van der Waals surface area (Å²) in [6.45, 7) is 2.40. The van der Waals surface area contributed by atoms with Gasteiger partial charge in [0, 0.05) is 19.5 Å². The average Bonchev–Trinajstić information content (AvgIpc) is 3.81. The van der Waals surface area contributed by atoms with Crippen LogP contribution in [-0.2, 0) is 19.2 Å². The maximum absolute atomic E-state index is 13.8. The summed E-state index contributed by atoms with van der Waals surface area (Å²) in [7, 11) is 0. The summed E-state index contributed by atoms with van der Waals surface area (Å²) >= 11 is 0. The standard InChI is InChI=1S/C28H38N4O5/c1-17(33)24(29-23(34)14-18-6-2-3-7-18)26(35)30-25-27(36)31(15-19-10-11-19)21-8-4-5-9-22(21)32(28(25)37)16-20-12-13-20/h4-5,8-9,17-20,24-25,33H,2-3,6-7,10-16H2,1H3,(H,29,34)(H,30,35)/t17-,24+/m1/s1. The van der Waals surface area contributed by atoms with Gasteiger partial charge in [-0.25, -0.2) is 0 Å². The Balaban J connectivity index is 1.37. The SMILES string of the molecule is C[C@@H](O)[C@H](NC(=O)CC1CCCC1)C(=O)NC1C(=O)N(CC2CC2)c2ccccc2N(CC2CC2)C1=O. The molecule has 1 aromatic carbocycles. The summed E-state index contributed by atoms with van der Waals surface area (Å²) < 4.78 is 0. The van der Waals surface area contributed by atoms with E-state index in [2.05, 4.69) is 10.6 Å². The van der Waals surface area contributed by atoms with Crippen LogP contribution in [0.15, 0.2) is 24.3 Å². The lowest BCUT2D eigenvalue weighted by Gasteiger charge is -2.27. The van der Waals surface area contributed by atoms with E-state index in [0.717, 1.165) is 51.4 Å². The molecule has 0 saturated heterocycles. The fraction of sp³-hybridized carbons (Fsp3) is 0.643. The van der Waals surface area contributed by atoms with E-state index in [1.54, 1.807) is 9.80 Å². The van der Waals surface area contributed by atoms with Crippen molar-refractivity contribution in [3.8, 4) is 0 Å². The lowest BCUT2D eigenvalue weighted by molar-refractivity contribution is -0.137. The molecule has 3 fully saturated rings. The van der Waals surface area contributed by atoms with Gasteiger partial charge in [-0.3, -0.25) is 19.2 Å². The number of hydrogen-bond acceptors (Lipinski definition) is 5. The van der Waals surface area contributed by atoms with Crippen molar-refractivity contribution in [2.45, 2.75) is 82.9 Å².